The van der Waals surface area contributed by atoms with Gasteiger partial charge in [0.15, 0.2) is 0 Å². The first-order chi connectivity index (χ1) is 14.4. The number of carbonyl (C=O) groups is 1. The summed E-state index contributed by atoms with van der Waals surface area (Å²) in [6, 6.07) is 0. The van der Waals surface area contributed by atoms with Gasteiger partial charge in [-0.1, -0.05) is 86.3 Å². The zero-order valence-electron chi connectivity index (χ0n) is 21.9. The molecule has 0 spiro atoms. The number of carbonyl (C=O) groups excluding carboxylic acids is 1. The first-order valence-electron chi connectivity index (χ1n) is 13.6. The van der Waals surface area contributed by atoms with Gasteiger partial charge in [0.1, 0.15) is 5.78 Å². The molecule has 4 aliphatic carbocycles. The van der Waals surface area contributed by atoms with Crippen LogP contribution in [0.3, 0.4) is 0 Å². The van der Waals surface area contributed by atoms with Crippen LogP contribution in [-0.2, 0) is 4.79 Å². The second-order valence-electron chi connectivity index (χ2n) is 13.9. The van der Waals surface area contributed by atoms with Crippen molar-refractivity contribution in [3.63, 3.8) is 0 Å². The van der Waals surface area contributed by atoms with Crippen LogP contribution in [0.5, 0.6) is 0 Å². The van der Waals surface area contributed by atoms with Gasteiger partial charge in [-0.15, -0.1) is 0 Å². The van der Waals surface area contributed by atoms with Crippen LogP contribution in [0.15, 0.2) is 11.6 Å². The molecule has 7 atom stereocenters. The van der Waals surface area contributed by atoms with Crippen molar-refractivity contribution in [3.8, 4) is 0 Å². The van der Waals surface area contributed by atoms with Gasteiger partial charge in [0, 0.05) is 11.8 Å². The first-order valence-corrected chi connectivity index (χ1v) is 13.6. The molecule has 1 nitrogen and oxygen atoms in total. The molecule has 4 aliphatic rings. The summed E-state index contributed by atoms with van der Waals surface area (Å²) < 4.78 is 0. The fraction of sp³-hybridized carbons (Fsp3) is 0.900. The van der Waals surface area contributed by atoms with Crippen molar-refractivity contribution in [1.29, 1.82) is 0 Å². The highest BCUT2D eigenvalue weighted by Gasteiger charge is 2.65. The predicted molar refractivity (Wildman–Crippen MR) is 132 cm³/mol. The van der Waals surface area contributed by atoms with E-state index in [4.69, 9.17) is 0 Å². The summed E-state index contributed by atoms with van der Waals surface area (Å²) in [5.74, 6) is 4.29. The van der Waals surface area contributed by atoms with Gasteiger partial charge in [0.05, 0.1) is 0 Å². The predicted octanol–water partition coefficient (Wildman–Crippen LogP) is 8.62. The van der Waals surface area contributed by atoms with Crippen LogP contribution < -0.4 is 0 Å². The summed E-state index contributed by atoms with van der Waals surface area (Å²) in [4.78, 5) is 12.8. The van der Waals surface area contributed by atoms with E-state index in [0.717, 1.165) is 37.0 Å². The number of ketones is 1. The van der Waals surface area contributed by atoms with Crippen LogP contribution in [0, 0.1) is 51.2 Å². The molecule has 0 radical (unpaired) electrons. The lowest BCUT2D eigenvalue weighted by molar-refractivity contribution is -0.146. The van der Waals surface area contributed by atoms with Gasteiger partial charge in [0.2, 0.25) is 0 Å². The minimum absolute atomic E-state index is 0.153. The third-order valence-electron chi connectivity index (χ3n) is 11.8. The molecule has 4 rings (SSSR count). The topological polar surface area (TPSA) is 17.1 Å². The summed E-state index contributed by atoms with van der Waals surface area (Å²) in [5, 5.41) is 0. The second-order valence-corrected chi connectivity index (χ2v) is 13.9. The molecule has 0 saturated heterocycles. The summed E-state index contributed by atoms with van der Waals surface area (Å²) in [6.45, 7) is 19.7. The summed E-state index contributed by atoms with van der Waals surface area (Å²) in [6.07, 6.45) is 15.4. The third-order valence-corrected chi connectivity index (χ3v) is 11.8. The standard InChI is InChI=1S/C30H50O/c1-20(2)10-9-11-21(3)22-14-18-30(8)24-12-13-25-27(4,5)26(31)16-17-28(25,6)23(24)15-19-29(22,30)7/h12,20-23,25H,9-11,13-19H2,1-8H3/t21-,22+,23-,25+,28-,29+,30-/m1/s1. The van der Waals surface area contributed by atoms with Gasteiger partial charge >= 0.3 is 0 Å². The lowest BCUT2D eigenvalue weighted by Crippen LogP contribution is -2.57. The summed E-state index contributed by atoms with van der Waals surface area (Å²) in [7, 11) is 0. The van der Waals surface area contributed by atoms with Crippen molar-refractivity contribution in [2.24, 2.45) is 51.2 Å². The van der Waals surface area contributed by atoms with Crippen molar-refractivity contribution < 1.29 is 4.79 Å². The van der Waals surface area contributed by atoms with Crippen LogP contribution in [0.2, 0.25) is 0 Å². The molecular formula is C30H50O. The Morgan fingerprint density at radius 2 is 1.68 bits per heavy atom. The van der Waals surface area contributed by atoms with Gasteiger partial charge in [-0.3, -0.25) is 4.79 Å². The zero-order valence-corrected chi connectivity index (χ0v) is 21.9. The molecule has 0 heterocycles. The molecule has 3 fully saturated rings. The van der Waals surface area contributed by atoms with E-state index in [9.17, 15) is 4.79 Å². The zero-order chi connectivity index (χ0) is 22.8. The highest BCUT2D eigenvalue weighted by molar-refractivity contribution is 5.85. The minimum atomic E-state index is -0.153. The van der Waals surface area contributed by atoms with E-state index in [1.807, 2.05) is 5.57 Å². The maximum absolute atomic E-state index is 12.8. The Morgan fingerprint density at radius 1 is 0.968 bits per heavy atom. The number of rotatable bonds is 5. The fourth-order valence-corrected chi connectivity index (χ4v) is 9.51. The van der Waals surface area contributed by atoms with Crippen molar-refractivity contribution in [2.45, 2.75) is 120 Å². The highest BCUT2D eigenvalue weighted by atomic mass is 16.1. The van der Waals surface area contributed by atoms with E-state index in [1.165, 1.54) is 44.9 Å². The maximum Gasteiger partial charge on any atom is 0.138 e. The van der Waals surface area contributed by atoms with E-state index in [1.54, 1.807) is 0 Å². The monoisotopic (exact) mass is 426 g/mol. The van der Waals surface area contributed by atoms with Gasteiger partial charge < -0.3 is 0 Å². The van der Waals surface area contributed by atoms with E-state index in [-0.39, 0.29) is 5.41 Å². The normalized spacial score (nSPS) is 45.0. The van der Waals surface area contributed by atoms with Crippen molar-refractivity contribution in [1.82, 2.24) is 0 Å². The van der Waals surface area contributed by atoms with Crippen LogP contribution in [0.4, 0.5) is 0 Å². The number of Topliss-reactive ketones (excluding diaryl/α,β-unsaturated/α-hetero) is 1. The average Bonchev–Trinajstić information content (AvgIpc) is 2.96. The SMILES string of the molecule is CC(C)CCC[C@@H](C)[C@@H]1CC[C@]2(C)C3=CC[C@H]4C(C)(C)C(=O)CC[C@]4(C)[C@@H]3CC[C@@]12C. The Kier molecular flexibility index (Phi) is 5.88. The molecule has 0 aliphatic heterocycles. The maximum atomic E-state index is 12.8. The van der Waals surface area contributed by atoms with E-state index in [0.29, 0.717) is 33.9 Å². The van der Waals surface area contributed by atoms with Crippen LogP contribution in [0.25, 0.3) is 0 Å². The minimum Gasteiger partial charge on any atom is -0.299 e. The average molecular weight is 427 g/mol. The van der Waals surface area contributed by atoms with Crippen LogP contribution in [-0.4, -0.2) is 5.78 Å². The molecule has 31 heavy (non-hydrogen) atoms. The summed E-state index contributed by atoms with van der Waals surface area (Å²) >= 11 is 0. The number of fused-ring (bicyclic) bond motifs is 5. The first kappa shape index (κ1) is 23.6. The molecule has 0 aromatic carbocycles. The van der Waals surface area contributed by atoms with Crippen LogP contribution >= 0.6 is 0 Å². The third kappa shape index (κ3) is 3.33. The van der Waals surface area contributed by atoms with Gasteiger partial charge in [-0.2, -0.15) is 0 Å². The molecule has 0 amide bonds. The van der Waals surface area contributed by atoms with E-state index < -0.39 is 0 Å². The smallest absolute Gasteiger partial charge is 0.138 e. The Balaban J connectivity index is 1.61. The summed E-state index contributed by atoms with van der Waals surface area (Å²) in [5.41, 5.74) is 2.80. The highest BCUT2D eigenvalue weighted by Crippen LogP contribution is 2.73. The quantitative estimate of drug-likeness (QED) is 0.402. The molecule has 0 aromatic rings. The van der Waals surface area contributed by atoms with Crippen LogP contribution in [0.1, 0.15) is 120 Å². The molecule has 3 saturated carbocycles. The molecule has 0 aromatic heterocycles. The van der Waals surface area contributed by atoms with E-state index in [2.05, 4.69) is 61.5 Å². The number of hydrogen-bond acceptors (Lipinski definition) is 1. The Bertz CT molecular complexity index is 744. The molecule has 176 valence electrons. The van der Waals surface area contributed by atoms with Gasteiger partial charge in [0.25, 0.3) is 0 Å². The fourth-order valence-electron chi connectivity index (χ4n) is 9.51. The second kappa shape index (κ2) is 7.73. The number of hydrogen-bond donors (Lipinski definition) is 0. The van der Waals surface area contributed by atoms with E-state index >= 15 is 0 Å². The van der Waals surface area contributed by atoms with Gasteiger partial charge in [-0.25, -0.2) is 0 Å². The largest absolute Gasteiger partial charge is 0.299 e. The van der Waals surface area contributed by atoms with Gasteiger partial charge in [-0.05, 0) is 84.4 Å². The lowest BCUT2D eigenvalue weighted by atomic mass is 9.41. The van der Waals surface area contributed by atoms with Crippen molar-refractivity contribution in [2.75, 3.05) is 0 Å². The van der Waals surface area contributed by atoms with Crippen molar-refractivity contribution in [3.05, 3.63) is 11.6 Å². The molecule has 0 bridgehead atoms. The molecular weight excluding hydrogens is 376 g/mol. The Hall–Kier alpha value is -0.590. The lowest BCUT2D eigenvalue weighted by Gasteiger charge is -2.63. The Labute approximate surface area is 193 Å². The Morgan fingerprint density at radius 3 is 2.35 bits per heavy atom. The number of allylic oxidation sites excluding steroid dienone is 2. The molecule has 1 heteroatoms. The molecule has 0 N–H and O–H groups in total. The van der Waals surface area contributed by atoms with Crippen molar-refractivity contribution >= 4 is 5.78 Å². The molecule has 0 unspecified atom stereocenters.